The maximum absolute atomic E-state index is 5.71. The molecule has 0 aromatic carbocycles. The van der Waals surface area contributed by atoms with E-state index in [1.165, 1.54) is 0 Å². The molecule has 0 saturated heterocycles. The lowest BCUT2D eigenvalue weighted by Crippen LogP contribution is -2.08. The van der Waals surface area contributed by atoms with Crippen molar-refractivity contribution in [3.05, 3.63) is 35.7 Å². The molecule has 0 fully saturated rings. The molecule has 0 saturated carbocycles. The normalized spacial score (nSPS) is 10.1. The van der Waals surface area contributed by atoms with Crippen molar-refractivity contribution in [1.29, 1.82) is 0 Å². The summed E-state index contributed by atoms with van der Waals surface area (Å²) < 4.78 is 1.73. The minimum Gasteiger partial charge on any atom is -0.368 e. The molecule has 2 aromatic heterocycles. The summed E-state index contributed by atoms with van der Waals surface area (Å²) in [6.45, 7) is 0. The predicted octanol–water partition coefficient (Wildman–Crippen LogP) is 1.39. The van der Waals surface area contributed by atoms with Crippen LogP contribution < -0.4 is 11.2 Å². The van der Waals surface area contributed by atoms with Crippen LogP contribution >= 0.6 is 11.6 Å². The van der Waals surface area contributed by atoms with Gasteiger partial charge in [-0.1, -0.05) is 11.6 Å². The molecule has 5 nitrogen and oxygen atoms in total. The van der Waals surface area contributed by atoms with E-state index in [-0.39, 0.29) is 5.95 Å². The molecular formula is C8H8ClN5. The lowest BCUT2D eigenvalue weighted by Gasteiger charge is -2.06. The number of halogens is 1. The van der Waals surface area contributed by atoms with E-state index in [9.17, 15) is 0 Å². The van der Waals surface area contributed by atoms with Gasteiger partial charge in [0.15, 0.2) is 5.82 Å². The molecule has 0 aliphatic carbocycles. The SMILES string of the molecule is Nc1nc(Cl)cc(Nn2cccc2)n1. The van der Waals surface area contributed by atoms with E-state index < -0.39 is 0 Å². The Kier molecular flexibility index (Phi) is 2.24. The Morgan fingerprint density at radius 1 is 1.29 bits per heavy atom. The first-order valence-corrected chi connectivity index (χ1v) is 4.32. The monoisotopic (exact) mass is 209 g/mol. The van der Waals surface area contributed by atoms with E-state index in [0.29, 0.717) is 11.0 Å². The summed E-state index contributed by atoms with van der Waals surface area (Å²) in [5, 5.41) is 0.312. The molecule has 2 heterocycles. The van der Waals surface area contributed by atoms with E-state index in [4.69, 9.17) is 17.3 Å². The second kappa shape index (κ2) is 3.55. The molecule has 6 heteroatoms. The van der Waals surface area contributed by atoms with Crippen LogP contribution in [0.3, 0.4) is 0 Å². The summed E-state index contributed by atoms with van der Waals surface area (Å²) in [6.07, 6.45) is 3.68. The van der Waals surface area contributed by atoms with Crippen LogP contribution in [0.2, 0.25) is 5.15 Å². The number of aromatic nitrogens is 3. The molecule has 14 heavy (non-hydrogen) atoms. The van der Waals surface area contributed by atoms with E-state index in [0.717, 1.165) is 0 Å². The number of nitrogen functional groups attached to an aromatic ring is 1. The van der Waals surface area contributed by atoms with Crippen LogP contribution in [-0.2, 0) is 0 Å². The Balaban J connectivity index is 2.25. The lowest BCUT2D eigenvalue weighted by molar-refractivity contribution is 0.949. The smallest absolute Gasteiger partial charge is 0.223 e. The average Bonchev–Trinajstić information content (AvgIpc) is 2.54. The molecule has 0 radical (unpaired) electrons. The van der Waals surface area contributed by atoms with Crippen molar-refractivity contribution in [3.8, 4) is 0 Å². The highest BCUT2D eigenvalue weighted by Gasteiger charge is 1.99. The van der Waals surface area contributed by atoms with Crippen molar-refractivity contribution in [1.82, 2.24) is 14.6 Å². The van der Waals surface area contributed by atoms with Gasteiger partial charge in [0.2, 0.25) is 5.95 Å². The zero-order chi connectivity index (χ0) is 9.97. The number of rotatable bonds is 2. The average molecular weight is 210 g/mol. The number of nitrogens with one attached hydrogen (secondary N) is 1. The van der Waals surface area contributed by atoms with E-state index >= 15 is 0 Å². The molecule has 0 aliphatic heterocycles. The maximum atomic E-state index is 5.71. The molecule has 72 valence electrons. The molecule has 0 spiro atoms. The van der Waals surface area contributed by atoms with Gasteiger partial charge < -0.3 is 5.73 Å². The fraction of sp³-hybridized carbons (Fsp3) is 0. The van der Waals surface area contributed by atoms with Gasteiger partial charge in [-0.25, -0.2) is 4.98 Å². The topological polar surface area (TPSA) is 68.8 Å². The van der Waals surface area contributed by atoms with Gasteiger partial charge in [-0.2, -0.15) is 4.98 Å². The summed E-state index contributed by atoms with van der Waals surface area (Å²) in [5.41, 5.74) is 8.40. The van der Waals surface area contributed by atoms with Crippen LogP contribution in [-0.4, -0.2) is 14.6 Å². The van der Waals surface area contributed by atoms with E-state index in [1.54, 1.807) is 10.7 Å². The van der Waals surface area contributed by atoms with Gasteiger partial charge >= 0.3 is 0 Å². The molecule has 2 rings (SSSR count). The minimum absolute atomic E-state index is 0.146. The molecular weight excluding hydrogens is 202 g/mol. The van der Waals surface area contributed by atoms with Gasteiger partial charge in [0, 0.05) is 18.5 Å². The number of hydrogen-bond acceptors (Lipinski definition) is 4. The Bertz CT molecular complexity index is 405. The zero-order valence-corrected chi connectivity index (χ0v) is 7.94. The predicted molar refractivity (Wildman–Crippen MR) is 54.9 cm³/mol. The summed E-state index contributed by atoms with van der Waals surface area (Å²) in [5.74, 6) is 0.700. The van der Waals surface area contributed by atoms with Crippen molar-refractivity contribution in [3.63, 3.8) is 0 Å². The van der Waals surface area contributed by atoms with E-state index in [2.05, 4.69) is 15.4 Å². The number of anilines is 2. The highest BCUT2D eigenvalue weighted by Crippen LogP contribution is 2.12. The van der Waals surface area contributed by atoms with Crippen LogP contribution in [0.25, 0.3) is 0 Å². The van der Waals surface area contributed by atoms with E-state index in [1.807, 2.05) is 24.5 Å². The van der Waals surface area contributed by atoms with Gasteiger partial charge in [-0.05, 0) is 12.1 Å². The summed E-state index contributed by atoms with van der Waals surface area (Å²) >= 11 is 5.71. The van der Waals surface area contributed by atoms with Gasteiger partial charge in [-0.3, -0.25) is 10.1 Å². The Labute approximate surface area is 85.5 Å². The van der Waals surface area contributed by atoms with Crippen molar-refractivity contribution >= 4 is 23.4 Å². The minimum atomic E-state index is 0.146. The maximum Gasteiger partial charge on any atom is 0.223 e. The number of nitrogens with zero attached hydrogens (tertiary/aromatic N) is 3. The Hall–Kier alpha value is -1.75. The van der Waals surface area contributed by atoms with Crippen LogP contribution in [0, 0.1) is 0 Å². The summed E-state index contributed by atoms with van der Waals surface area (Å²) in [6, 6.07) is 5.37. The highest BCUT2D eigenvalue weighted by atomic mass is 35.5. The van der Waals surface area contributed by atoms with Crippen LogP contribution in [0.5, 0.6) is 0 Å². The first kappa shape index (κ1) is 8.83. The standard InChI is InChI=1S/C8H8ClN5/c9-6-5-7(12-8(10)11-6)13-14-3-1-2-4-14/h1-5H,(H3,10,11,12,13). The second-order valence-corrected chi connectivity index (χ2v) is 3.02. The van der Waals surface area contributed by atoms with Crippen molar-refractivity contribution < 1.29 is 0 Å². The fourth-order valence-electron chi connectivity index (χ4n) is 1.03. The van der Waals surface area contributed by atoms with Crippen molar-refractivity contribution in [2.75, 3.05) is 11.2 Å². The third kappa shape index (κ3) is 1.94. The summed E-state index contributed by atoms with van der Waals surface area (Å²) in [4.78, 5) is 7.71. The first-order chi connectivity index (χ1) is 6.74. The number of nitrogens with two attached hydrogens (primary N) is 1. The van der Waals surface area contributed by atoms with Gasteiger partial charge in [0.05, 0.1) is 0 Å². The number of hydrogen-bond donors (Lipinski definition) is 2. The van der Waals surface area contributed by atoms with Crippen molar-refractivity contribution in [2.24, 2.45) is 0 Å². The first-order valence-electron chi connectivity index (χ1n) is 3.94. The molecule has 2 aromatic rings. The zero-order valence-electron chi connectivity index (χ0n) is 7.18. The molecule has 0 aliphatic rings. The third-order valence-corrected chi connectivity index (χ3v) is 1.75. The van der Waals surface area contributed by atoms with Crippen LogP contribution in [0.15, 0.2) is 30.6 Å². The largest absolute Gasteiger partial charge is 0.368 e. The van der Waals surface area contributed by atoms with Gasteiger partial charge in [0.25, 0.3) is 0 Å². The molecule has 0 bridgehead atoms. The quantitative estimate of drug-likeness (QED) is 0.734. The molecule has 3 N–H and O–H groups in total. The summed E-state index contributed by atoms with van der Waals surface area (Å²) in [7, 11) is 0. The Morgan fingerprint density at radius 2 is 2.00 bits per heavy atom. The van der Waals surface area contributed by atoms with Crippen LogP contribution in [0.1, 0.15) is 0 Å². The molecule has 0 amide bonds. The third-order valence-electron chi connectivity index (χ3n) is 1.56. The van der Waals surface area contributed by atoms with Gasteiger partial charge in [-0.15, -0.1) is 0 Å². The Morgan fingerprint density at radius 3 is 2.64 bits per heavy atom. The lowest BCUT2D eigenvalue weighted by atomic mass is 10.6. The molecule has 0 unspecified atom stereocenters. The van der Waals surface area contributed by atoms with Crippen molar-refractivity contribution in [2.45, 2.75) is 0 Å². The van der Waals surface area contributed by atoms with Gasteiger partial charge in [0.1, 0.15) is 5.15 Å². The fourth-order valence-corrected chi connectivity index (χ4v) is 1.22. The highest BCUT2D eigenvalue weighted by molar-refractivity contribution is 6.29. The van der Waals surface area contributed by atoms with Crippen LogP contribution in [0.4, 0.5) is 11.8 Å². The molecule has 0 atom stereocenters. The second-order valence-electron chi connectivity index (χ2n) is 2.64.